The summed E-state index contributed by atoms with van der Waals surface area (Å²) < 4.78 is 0. The lowest BCUT2D eigenvalue weighted by atomic mass is 10.4. The molecule has 0 aliphatic carbocycles. The highest BCUT2D eigenvalue weighted by Crippen LogP contribution is 1.79. The Morgan fingerprint density at radius 3 is 2.54 bits per heavy atom. The summed E-state index contributed by atoms with van der Waals surface area (Å²) in [4.78, 5) is 10.8. The number of carbonyl (C=O) groups excluding carboxylic acids is 1. The number of thiocarbonyl (C=S) groups is 1. The van der Waals surface area contributed by atoms with Crippen LogP contribution >= 0.6 is 12.2 Å². The fraction of sp³-hybridized carbons (Fsp3) is 0.750. The van der Waals surface area contributed by atoms with Gasteiger partial charge in [0.1, 0.15) is 0 Å². The maximum absolute atomic E-state index is 10.8. The number of hydrogen-bond acceptors (Lipinski definition) is 2. The molecule has 0 saturated heterocycles. The molecule has 0 aromatic rings. The van der Waals surface area contributed by atoms with Gasteiger partial charge >= 0.3 is 0 Å². The molecule has 5 heteroatoms. The predicted molar refractivity (Wildman–Crippen MR) is 57.6 cm³/mol. The third-order valence-corrected chi connectivity index (χ3v) is 1.60. The fourth-order valence-corrected chi connectivity index (χ4v) is 1.07. The summed E-state index contributed by atoms with van der Waals surface area (Å²) in [6, 6.07) is 0.319. The van der Waals surface area contributed by atoms with Crippen molar-refractivity contribution in [2.24, 2.45) is 0 Å². The molecule has 1 amide bonds. The zero-order valence-electron chi connectivity index (χ0n) is 8.31. The first kappa shape index (κ1) is 12.2. The Labute approximate surface area is 84.5 Å². The van der Waals surface area contributed by atoms with Crippen molar-refractivity contribution in [3.63, 3.8) is 0 Å². The topological polar surface area (TPSA) is 53.2 Å². The van der Waals surface area contributed by atoms with Crippen LogP contribution < -0.4 is 16.0 Å². The maximum Gasteiger partial charge on any atom is 0.221 e. The van der Waals surface area contributed by atoms with Crippen molar-refractivity contribution in [2.45, 2.75) is 26.3 Å². The first-order chi connectivity index (χ1) is 6.06. The van der Waals surface area contributed by atoms with E-state index in [0.29, 0.717) is 24.1 Å². The average Bonchev–Trinajstić information content (AvgIpc) is 2.02. The van der Waals surface area contributed by atoms with Gasteiger partial charge in [0.15, 0.2) is 5.11 Å². The van der Waals surface area contributed by atoms with Crippen LogP contribution in [0, 0.1) is 0 Å². The Hall–Kier alpha value is -0.840. The summed E-state index contributed by atoms with van der Waals surface area (Å²) in [6.07, 6.45) is 0.441. The van der Waals surface area contributed by atoms with E-state index in [4.69, 9.17) is 12.2 Å². The predicted octanol–water partition coefficient (Wildman–Crippen LogP) is -0.00500. The van der Waals surface area contributed by atoms with Gasteiger partial charge in [-0.25, -0.2) is 0 Å². The van der Waals surface area contributed by atoms with E-state index < -0.39 is 0 Å². The van der Waals surface area contributed by atoms with Gasteiger partial charge in [0.05, 0.1) is 0 Å². The Morgan fingerprint density at radius 1 is 1.46 bits per heavy atom. The minimum atomic E-state index is 0.0137. The number of amides is 1. The Balaban J connectivity index is 3.42. The second kappa shape index (κ2) is 6.65. The highest BCUT2D eigenvalue weighted by Gasteiger charge is 1.99. The summed E-state index contributed by atoms with van der Waals surface area (Å²) in [5.41, 5.74) is 0. The maximum atomic E-state index is 10.8. The molecular formula is C8H17N3OS. The molecular weight excluding hydrogens is 186 g/mol. The summed E-state index contributed by atoms with van der Waals surface area (Å²) in [6.45, 7) is 4.58. The second-order valence-corrected chi connectivity index (χ2v) is 3.39. The van der Waals surface area contributed by atoms with Crippen molar-refractivity contribution in [1.29, 1.82) is 0 Å². The van der Waals surface area contributed by atoms with Crippen LogP contribution in [0.4, 0.5) is 0 Å². The van der Waals surface area contributed by atoms with E-state index in [1.807, 2.05) is 13.8 Å². The lowest BCUT2D eigenvalue weighted by Gasteiger charge is -2.12. The van der Waals surface area contributed by atoms with Gasteiger partial charge < -0.3 is 16.0 Å². The SMILES string of the molecule is CNC(=O)CCNC(=S)NC(C)C. The van der Waals surface area contributed by atoms with E-state index in [9.17, 15) is 4.79 Å². The van der Waals surface area contributed by atoms with Gasteiger partial charge in [0.25, 0.3) is 0 Å². The van der Waals surface area contributed by atoms with Gasteiger partial charge in [-0.1, -0.05) is 0 Å². The van der Waals surface area contributed by atoms with Gasteiger partial charge in [0, 0.05) is 26.1 Å². The molecule has 0 bridgehead atoms. The lowest BCUT2D eigenvalue weighted by molar-refractivity contribution is -0.120. The standard InChI is InChI=1S/C8H17N3OS/c1-6(2)11-8(13)10-5-4-7(12)9-3/h6H,4-5H2,1-3H3,(H,9,12)(H2,10,11,13). The molecule has 76 valence electrons. The van der Waals surface area contributed by atoms with Crippen molar-refractivity contribution < 1.29 is 4.79 Å². The van der Waals surface area contributed by atoms with Crippen LogP contribution in [0.25, 0.3) is 0 Å². The summed E-state index contributed by atoms with van der Waals surface area (Å²) in [7, 11) is 1.62. The molecule has 0 aliphatic rings. The Morgan fingerprint density at radius 2 is 2.08 bits per heavy atom. The summed E-state index contributed by atoms with van der Waals surface area (Å²) in [5.74, 6) is 0.0137. The lowest BCUT2D eigenvalue weighted by Crippen LogP contribution is -2.40. The first-order valence-corrected chi connectivity index (χ1v) is 4.72. The number of nitrogens with one attached hydrogen (secondary N) is 3. The summed E-state index contributed by atoms with van der Waals surface area (Å²) in [5, 5.41) is 9.09. The van der Waals surface area contributed by atoms with E-state index in [1.165, 1.54) is 0 Å². The molecule has 3 N–H and O–H groups in total. The third-order valence-electron chi connectivity index (χ3n) is 1.34. The van der Waals surface area contributed by atoms with Crippen LogP contribution in [0.2, 0.25) is 0 Å². The van der Waals surface area contributed by atoms with Crippen LogP contribution in [0.5, 0.6) is 0 Å². The fourth-order valence-electron chi connectivity index (χ4n) is 0.728. The zero-order valence-corrected chi connectivity index (χ0v) is 9.12. The van der Waals surface area contributed by atoms with Gasteiger partial charge in [-0.15, -0.1) is 0 Å². The Kier molecular flexibility index (Phi) is 6.22. The number of carbonyl (C=O) groups is 1. The molecule has 0 spiro atoms. The van der Waals surface area contributed by atoms with Crippen LogP contribution in [-0.2, 0) is 4.79 Å². The van der Waals surface area contributed by atoms with Crippen molar-refractivity contribution in [3.8, 4) is 0 Å². The van der Waals surface area contributed by atoms with Crippen molar-refractivity contribution in [2.75, 3.05) is 13.6 Å². The molecule has 0 fully saturated rings. The molecule has 0 rings (SSSR count). The molecule has 0 aliphatic heterocycles. The van der Waals surface area contributed by atoms with E-state index >= 15 is 0 Å². The highest BCUT2D eigenvalue weighted by molar-refractivity contribution is 7.80. The summed E-state index contributed by atoms with van der Waals surface area (Å²) >= 11 is 4.96. The van der Waals surface area contributed by atoms with E-state index in [0.717, 1.165) is 0 Å². The highest BCUT2D eigenvalue weighted by atomic mass is 32.1. The van der Waals surface area contributed by atoms with E-state index in [2.05, 4.69) is 16.0 Å². The second-order valence-electron chi connectivity index (χ2n) is 2.98. The van der Waals surface area contributed by atoms with Crippen LogP contribution in [0.3, 0.4) is 0 Å². The normalized spacial score (nSPS) is 9.54. The molecule has 0 saturated carbocycles. The zero-order chi connectivity index (χ0) is 10.3. The van der Waals surface area contributed by atoms with Crippen molar-refractivity contribution in [1.82, 2.24) is 16.0 Å². The molecule has 0 atom stereocenters. The smallest absolute Gasteiger partial charge is 0.221 e. The van der Waals surface area contributed by atoms with Gasteiger partial charge in [-0.2, -0.15) is 0 Å². The van der Waals surface area contributed by atoms with Crippen molar-refractivity contribution in [3.05, 3.63) is 0 Å². The van der Waals surface area contributed by atoms with Gasteiger partial charge in [-0.05, 0) is 26.1 Å². The minimum absolute atomic E-state index is 0.0137. The molecule has 0 radical (unpaired) electrons. The van der Waals surface area contributed by atoms with Crippen LogP contribution in [-0.4, -0.2) is 30.7 Å². The first-order valence-electron chi connectivity index (χ1n) is 4.31. The quantitative estimate of drug-likeness (QED) is 0.563. The molecule has 0 aromatic heterocycles. The third kappa shape index (κ3) is 7.52. The van der Waals surface area contributed by atoms with Gasteiger partial charge in [-0.3, -0.25) is 4.79 Å². The number of hydrogen-bond donors (Lipinski definition) is 3. The van der Waals surface area contributed by atoms with Crippen LogP contribution in [0.15, 0.2) is 0 Å². The largest absolute Gasteiger partial charge is 0.362 e. The van der Waals surface area contributed by atoms with Crippen LogP contribution in [0.1, 0.15) is 20.3 Å². The minimum Gasteiger partial charge on any atom is -0.362 e. The Bertz CT molecular complexity index is 182. The molecule has 0 aromatic carbocycles. The van der Waals surface area contributed by atoms with Gasteiger partial charge in [0.2, 0.25) is 5.91 Å². The number of rotatable bonds is 4. The monoisotopic (exact) mass is 203 g/mol. The average molecular weight is 203 g/mol. The van der Waals surface area contributed by atoms with E-state index in [-0.39, 0.29) is 5.91 Å². The van der Waals surface area contributed by atoms with E-state index in [1.54, 1.807) is 7.05 Å². The molecule has 13 heavy (non-hydrogen) atoms. The molecule has 0 heterocycles. The molecule has 0 unspecified atom stereocenters. The molecule has 4 nitrogen and oxygen atoms in total. The van der Waals surface area contributed by atoms with Crippen molar-refractivity contribution >= 4 is 23.2 Å².